The standard InChI is InChI=1S/C24H25N5O4/c1-24(2,13-30)22-19-20(26-27-22)23(31)29(21(19)15-6-4-5-7-17(15)32-3)18-9-8-14(12-25-18)16-10-11-33-28-16/h6-12,21,30H,4-5,13H2,1-3H3,(H,26,27). The van der Waals surface area contributed by atoms with Gasteiger partial charge in [-0.2, -0.15) is 5.10 Å². The van der Waals surface area contributed by atoms with Crippen LogP contribution < -0.4 is 4.90 Å². The predicted molar refractivity (Wildman–Crippen MR) is 120 cm³/mol. The van der Waals surface area contributed by atoms with E-state index in [0.29, 0.717) is 22.9 Å². The van der Waals surface area contributed by atoms with Gasteiger partial charge in [-0.1, -0.05) is 25.1 Å². The minimum absolute atomic E-state index is 0.109. The Morgan fingerprint density at radius 1 is 1.27 bits per heavy atom. The normalized spacial score (nSPS) is 18.2. The molecule has 0 fully saturated rings. The van der Waals surface area contributed by atoms with E-state index in [1.165, 1.54) is 6.26 Å². The van der Waals surface area contributed by atoms with Crippen molar-refractivity contribution in [3.05, 3.63) is 71.1 Å². The number of methoxy groups -OCH3 is 1. The number of pyridine rings is 1. The highest BCUT2D eigenvalue weighted by atomic mass is 16.5. The van der Waals surface area contributed by atoms with Crippen LogP contribution in [0.2, 0.25) is 0 Å². The highest BCUT2D eigenvalue weighted by molar-refractivity contribution is 6.10. The van der Waals surface area contributed by atoms with Crippen LogP contribution in [0.5, 0.6) is 0 Å². The molecule has 0 bridgehead atoms. The number of anilines is 1. The molecule has 1 amide bonds. The Balaban J connectivity index is 1.65. The number of hydrogen-bond donors (Lipinski definition) is 2. The molecule has 3 aromatic rings. The number of rotatable bonds is 6. The lowest BCUT2D eigenvalue weighted by molar-refractivity contribution is 0.0987. The molecule has 2 N–H and O–H groups in total. The van der Waals surface area contributed by atoms with Gasteiger partial charge in [0.25, 0.3) is 5.91 Å². The van der Waals surface area contributed by atoms with Crippen LogP contribution in [-0.2, 0) is 10.2 Å². The second-order valence-electron chi connectivity index (χ2n) is 8.78. The number of aromatic amines is 1. The van der Waals surface area contributed by atoms with Crippen LogP contribution in [0.3, 0.4) is 0 Å². The number of hydrogen-bond acceptors (Lipinski definition) is 7. The van der Waals surface area contributed by atoms with Gasteiger partial charge in [0.2, 0.25) is 0 Å². The van der Waals surface area contributed by atoms with Gasteiger partial charge in [-0.15, -0.1) is 0 Å². The van der Waals surface area contributed by atoms with E-state index in [-0.39, 0.29) is 12.5 Å². The largest absolute Gasteiger partial charge is 0.497 e. The summed E-state index contributed by atoms with van der Waals surface area (Å²) in [7, 11) is 1.63. The van der Waals surface area contributed by atoms with Gasteiger partial charge in [0.1, 0.15) is 29.2 Å². The topological polar surface area (TPSA) is 117 Å². The Morgan fingerprint density at radius 3 is 2.76 bits per heavy atom. The quantitative estimate of drug-likeness (QED) is 0.592. The molecule has 1 atom stereocenters. The Kier molecular flexibility index (Phi) is 5.13. The predicted octanol–water partition coefficient (Wildman–Crippen LogP) is 3.68. The first-order valence-electron chi connectivity index (χ1n) is 10.8. The van der Waals surface area contributed by atoms with E-state index in [1.807, 2.05) is 26.0 Å². The van der Waals surface area contributed by atoms with Crippen molar-refractivity contribution >= 4 is 11.7 Å². The maximum atomic E-state index is 13.6. The molecule has 1 unspecified atom stereocenters. The summed E-state index contributed by atoms with van der Waals surface area (Å²) in [6.45, 7) is 3.70. The van der Waals surface area contributed by atoms with Crippen molar-refractivity contribution in [3.63, 3.8) is 0 Å². The van der Waals surface area contributed by atoms with E-state index in [4.69, 9.17) is 9.26 Å². The van der Waals surface area contributed by atoms with Crippen molar-refractivity contribution in [2.24, 2.45) is 0 Å². The number of allylic oxidation sites excluding steroid dienone is 2. The van der Waals surface area contributed by atoms with Crippen LogP contribution >= 0.6 is 0 Å². The first-order valence-corrected chi connectivity index (χ1v) is 10.8. The third-order valence-corrected chi connectivity index (χ3v) is 6.19. The number of carbonyl (C=O) groups excluding carboxylic acids is 1. The lowest BCUT2D eigenvalue weighted by Crippen LogP contribution is -2.33. The Morgan fingerprint density at radius 2 is 2.09 bits per heavy atom. The maximum Gasteiger partial charge on any atom is 0.278 e. The molecular formula is C24H25N5O4. The van der Waals surface area contributed by atoms with Gasteiger partial charge in [0.05, 0.1) is 25.5 Å². The summed E-state index contributed by atoms with van der Waals surface area (Å²) in [5, 5.41) is 21.3. The van der Waals surface area contributed by atoms with Crippen LogP contribution in [0, 0.1) is 0 Å². The summed E-state index contributed by atoms with van der Waals surface area (Å²) in [6, 6.07) is 4.92. The average Bonchev–Trinajstić information content (AvgIpc) is 3.57. The molecule has 0 aromatic carbocycles. The fourth-order valence-electron chi connectivity index (χ4n) is 4.43. The fourth-order valence-corrected chi connectivity index (χ4v) is 4.43. The zero-order valence-electron chi connectivity index (χ0n) is 18.7. The molecule has 4 heterocycles. The molecule has 9 nitrogen and oxygen atoms in total. The number of amides is 1. The monoisotopic (exact) mass is 447 g/mol. The molecule has 9 heteroatoms. The molecule has 3 aromatic heterocycles. The molecule has 170 valence electrons. The van der Waals surface area contributed by atoms with Crippen molar-refractivity contribution < 1.29 is 19.2 Å². The van der Waals surface area contributed by atoms with Crippen LogP contribution in [0.4, 0.5) is 5.82 Å². The van der Waals surface area contributed by atoms with Crippen LogP contribution in [0.1, 0.15) is 54.5 Å². The second kappa shape index (κ2) is 8.00. The number of nitrogens with zero attached hydrogens (tertiary/aromatic N) is 4. The van der Waals surface area contributed by atoms with Crippen molar-refractivity contribution in [2.45, 2.75) is 38.1 Å². The van der Waals surface area contributed by atoms with Gasteiger partial charge in [-0.25, -0.2) is 4.98 Å². The van der Waals surface area contributed by atoms with E-state index < -0.39 is 11.5 Å². The number of aliphatic hydroxyl groups excluding tert-OH is 1. The second-order valence-corrected chi connectivity index (χ2v) is 8.78. The van der Waals surface area contributed by atoms with Crippen LogP contribution in [-0.4, -0.2) is 45.1 Å². The molecular weight excluding hydrogens is 422 g/mol. The third-order valence-electron chi connectivity index (χ3n) is 6.19. The summed E-state index contributed by atoms with van der Waals surface area (Å²) in [4.78, 5) is 19.9. The number of H-pyrrole nitrogens is 1. The van der Waals surface area contributed by atoms with E-state index in [1.54, 1.807) is 30.3 Å². The molecule has 0 spiro atoms. The molecule has 33 heavy (non-hydrogen) atoms. The van der Waals surface area contributed by atoms with Gasteiger partial charge < -0.3 is 14.4 Å². The number of carbonyl (C=O) groups is 1. The minimum Gasteiger partial charge on any atom is -0.497 e. The Labute approximate surface area is 190 Å². The summed E-state index contributed by atoms with van der Waals surface area (Å²) in [5.41, 5.74) is 3.50. The van der Waals surface area contributed by atoms with E-state index in [2.05, 4.69) is 26.4 Å². The van der Waals surface area contributed by atoms with E-state index >= 15 is 0 Å². The van der Waals surface area contributed by atoms with Gasteiger partial charge >= 0.3 is 0 Å². The zero-order chi connectivity index (χ0) is 23.2. The Bertz CT molecular complexity index is 1240. The van der Waals surface area contributed by atoms with Crippen LogP contribution in [0.25, 0.3) is 11.3 Å². The number of nitrogens with one attached hydrogen (secondary N) is 1. The van der Waals surface area contributed by atoms with Crippen molar-refractivity contribution in [3.8, 4) is 11.3 Å². The molecule has 1 aliphatic carbocycles. The van der Waals surface area contributed by atoms with Crippen LogP contribution in [0.15, 0.2) is 58.7 Å². The van der Waals surface area contributed by atoms with E-state index in [0.717, 1.165) is 35.3 Å². The molecule has 2 aliphatic rings. The highest BCUT2D eigenvalue weighted by Crippen LogP contribution is 2.47. The van der Waals surface area contributed by atoms with Crippen molar-refractivity contribution in [2.75, 3.05) is 18.6 Å². The zero-order valence-corrected chi connectivity index (χ0v) is 18.7. The smallest absolute Gasteiger partial charge is 0.278 e. The van der Waals surface area contributed by atoms with Gasteiger partial charge in [0.15, 0.2) is 0 Å². The maximum absolute atomic E-state index is 13.6. The summed E-state index contributed by atoms with van der Waals surface area (Å²) < 4.78 is 10.6. The number of fused-ring (bicyclic) bond motifs is 1. The molecule has 0 saturated carbocycles. The molecule has 5 rings (SSSR count). The first kappa shape index (κ1) is 21.1. The Hall–Kier alpha value is -3.72. The summed E-state index contributed by atoms with van der Waals surface area (Å²) in [5.74, 6) is 0.993. The summed E-state index contributed by atoms with van der Waals surface area (Å²) in [6.07, 6.45) is 9.01. The highest BCUT2D eigenvalue weighted by Gasteiger charge is 2.47. The average molecular weight is 447 g/mol. The van der Waals surface area contributed by atoms with Gasteiger partial charge in [0, 0.05) is 34.4 Å². The van der Waals surface area contributed by atoms with E-state index in [9.17, 15) is 9.90 Å². The first-order chi connectivity index (χ1) is 16.0. The van der Waals surface area contributed by atoms with Gasteiger partial charge in [-0.05, 0) is 31.1 Å². The lowest BCUT2D eigenvalue weighted by atomic mass is 9.83. The lowest BCUT2D eigenvalue weighted by Gasteiger charge is -2.31. The molecule has 1 aliphatic heterocycles. The third kappa shape index (κ3) is 3.36. The minimum atomic E-state index is -0.644. The van der Waals surface area contributed by atoms with Crippen molar-refractivity contribution in [1.29, 1.82) is 0 Å². The van der Waals surface area contributed by atoms with Crippen molar-refractivity contribution in [1.82, 2.24) is 20.3 Å². The summed E-state index contributed by atoms with van der Waals surface area (Å²) >= 11 is 0. The van der Waals surface area contributed by atoms with Gasteiger partial charge in [-0.3, -0.25) is 14.8 Å². The molecule has 0 saturated heterocycles. The number of aliphatic hydroxyl groups is 1. The molecule has 0 radical (unpaired) electrons. The SMILES string of the molecule is COC1=CCCC=C1C1c2c(C(C)(C)CO)n[nH]c2C(=O)N1c1ccc(-c2ccon2)cn1. The number of aromatic nitrogens is 4. The number of ether oxygens (including phenoxy) is 1. The fraction of sp³-hybridized carbons (Fsp3) is 0.333.